The molecule has 1 heterocycles. The maximum Gasteiger partial charge on any atom is 0.433 e. The molecular weight excluding hydrogens is 390 g/mol. The minimum atomic E-state index is -5.12. The highest BCUT2D eigenvalue weighted by Gasteiger charge is 2.42. The van der Waals surface area contributed by atoms with Crippen molar-refractivity contribution in [2.75, 3.05) is 0 Å². The summed E-state index contributed by atoms with van der Waals surface area (Å²) >= 11 is 17.2. The first-order valence-corrected chi connectivity index (χ1v) is 6.85. The van der Waals surface area contributed by atoms with Crippen LogP contribution in [-0.2, 0) is 12.4 Å². The molecule has 10 heteroatoms. The molecule has 1 aromatic carbocycles. The third-order valence-corrected chi connectivity index (χ3v) is 4.12. The summed E-state index contributed by atoms with van der Waals surface area (Å²) in [5, 5.41) is -0.981. The van der Waals surface area contributed by atoms with Gasteiger partial charge >= 0.3 is 12.4 Å². The molecule has 0 N–H and O–H groups in total. The lowest BCUT2D eigenvalue weighted by atomic mass is 9.97. The molecule has 0 bridgehead atoms. The Morgan fingerprint density at radius 1 is 0.783 bits per heavy atom. The monoisotopic (exact) mass is 393 g/mol. The van der Waals surface area contributed by atoms with Crippen LogP contribution >= 0.6 is 34.8 Å². The van der Waals surface area contributed by atoms with Crippen LogP contribution in [-0.4, -0.2) is 4.98 Å². The van der Waals surface area contributed by atoms with Gasteiger partial charge < -0.3 is 0 Å². The van der Waals surface area contributed by atoms with E-state index in [4.69, 9.17) is 34.8 Å². The quantitative estimate of drug-likeness (QED) is 0.385. The molecule has 0 amide bonds. The summed E-state index contributed by atoms with van der Waals surface area (Å²) in [6.07, 6.45) is -9.74. The number of halogens is 9. The lowest BCUT2D eigenvalue weighted by Gasteiger charge is -2.19. The summed E-state index contributed by atoms with van der Waals surface area (Å²) in [5.74, 6) is 0. The molecule has 1 aromatic heterocycles. The number of aromatic nitrogens is 1. The zero-order valence-electron chi connectivity index (χ0n) is 10.7. The maximum absolute atomic E-state index is 13.1. The predicted octanol–water partition coefficient (Wildman–Crippen LogP) is 6.75. The van der Waals surface area contributed by atoms with Gasteiger partial charge in [-0.05, 0) is 12.1 Å². The van der Waals surface area contributed by atoms with Gasteiger partial charge in [0.1, 0.15) is 0 Å². The first kappa shape index (κ1) is 18.2. The van der Waals surface area contributed by atoms with E-state index < -0.39 is 39.8 Å². The van der Waals surface area contributed by atoms with Gasteiger partial charge in [-0.25, -0.2) is 0 Å². The third-order valence-electron chi connectivity index (χ3n) is 2.83. The van der Waals surface area contributed by atoms with Gasteiger partial charge in [0.05, 0.1) is 20.6 Å². The van der Waals surface area contributed by atoms with E-state index >= 15 is 0 Å². The van der Waals surface area contributed by atoms with Crippen LogP contribution in [0.3, 0.4) is 0 Å². The average molecular weight is 395 g/mol. The second-order valence-electron chi connectivity index (χ2n) is 4.30. The van der Waals surface area contributed by atoms with Gasteiger partial charge in [-0.2, -0.15) is 26.3 Å². The molecule has 2 aromatic rings. The fourth-order valence-corrected chi connectivity index (χ4v) is 2.53. The number of pyridine rings is 1. The van der Waals surface area contributed by atoms with Gasteiger partial charge in [-0.1, -0.05) is 40.9 Å². The number of rotatable bonds is 1. The van der Waals surface area contributed by atoms with Gasteiger partial charge in [0.15, 0.2) is 5.69 Å². The predicted molar refractivity (Wildman–Crippen MR) is 74.7 cm³/mol. The molecule has 0 spiro atoms. The third kappa shape index (κ3) is 3.51. The molecule has 0 radical (unpaired) electrons. The molecular formula is C13H4Cl3F6N. The fourth-order valence-electron chi connectivity index (χ4n) is 1.90. The highest BCUT2D eigenvalue weighted by atomic mass is 35.5. The zero-order chi connectivity index (χ0) is 17.6. The van der Waals surface area contributed by atoms with Gasteiger partial charge in [-0.3, -0.25) is 4.98 Å². The first-order valence-electron chi connectivity index (χ1n) is 5.72. The Balaban J connectivity index is 2.92. The van der Waals surface area contributed by atoms with Crippen molar-refractivity contribution in [2.24, 2.45) is 0 Å². The average Bonchev–Trinajstić information content (AvgIpc) is 2.42. The Morgan fingerprint density at radius 2 is 1.39 bits per heavy atom. The van der Waals surface area contributed by atoms with Crippen LogP contribution in [0.25, 0.3) is 11.1 Å². The largest absolute Gasteiger partial charge is 0.433 e. The van der Waals surface area contributed by atoms with Gasteiger partial charge in [0, 0.05) is 17.3 Å². The maximum atomic E-state index is 13.1. The summed E-state index contributed by atoms with van der Waals surface area (Å²) in [7, 11) is 0. The van der Waals surface area contributed by atoms with Crippen LogP contribution in [0.5, 0.6) is 0 Å². The van der Waals surface area contributed by atoms with Crippen molar-refractivity contribution in [3.63, 3.8) is 0 Å². The van der Waals surface area contributed by atoms with Crippen LogP contribution < -0.4 is 0 Å². The van der Waals surface area contributed by atoms with E-state index in [1.165, 1.54) is 0 Å². The number of hydrogen-bond donors (Lipinski definition) is 0. The summed E-state index contributed by atoms with van der Waals surface area (Å²) < 4.78 is 78.6. The Bertz CT molecular complexity index is 722. The molecule has 2 rings (SSSR count). The molecule has 0 aliphatic carbocycles. The molecule has 0 saturated heterocycles. The fraction of sp³-hybridized carbons (Fsp3) is 0.154. The highest BCUT2D eigenvalue weighted by molar-refractivity contribution is 6.49. The van der Waals surface area contributed by atoms with Gasteiger partial charge in [0.25, 0.3) is 0 Å². The minimum absolute atomic E-state index is 0.105. The smallest absolute Gasteiger partial charge is 0.251 e. The van der Waals surface area contributed by atoms with Crippen molar-refractivity contribution in [3.05, 3.63) is 50.7 Å². The van der Waals surface area contributed by atoms with E-state index in [2.05, 4.69) is 4.98 Å². The molecule has 0 aliphatic heterocycles. The molecule has 124 valence electrons. The molecule has 0 saturated carbocycles. The van der Waals surface area contributed by atoms with Gasteiger partial charge in [0.2, 0.25) is 0 Å². The lowest BCUT2D eigenvalue weighted by molar-refractivity contribution is -0.144. The van der Waals surface area contributed by atoms with E-state index in [0.717, 1.165) is 12.1 Å². The van der Waals surface area contributed by atoms with Crippen molar-refractivity contribution in [3.8, 4) is 11.1 Å². The van der Waals surface area contributed by atoms with Crippen molar-refractivity contribution >= 4 is 34.8 Å². The van der Waals surface area contributed by atoms with Crippen molar-refractivity contribution in [1.29, 1.82) is 0 Å². The number of hydrogen-bond acceptors (Lipinski definition) is 1. The summed E-state index contributed by atoms with van der Waals surface area (Å²) in [5.41, 5.74) is -5.00. The summed E-state index contributed by atoms with van der Waals surface area (Å²) in [4.78, 5) is 3.03. The lowest BCUT2D eigenvalue weighted by Crippen LogP contribution is -2.16. The molecule has 0 unspecified atom stereocenters. The van der Waals surface area contributed by atoms with Crippen molar-refractivity contribution in [1.82, 2.24) is 4.98 Å². The van der Waals surface area contributed by atoms with E-state index in [0.29, 0.717) is 12.3 Å². The normalized spacial score (nSPS) is 12.6. The number of alkyl halides is 6. The SMILES string of the molecule is FC(F)(F)c1ccnc(C(F)(F)F)c1-c1ccc(Cl)c(Cl)c1Cl. The van der Waals surface area contributed by atoms with E-state index in [-0.39, 0.29) is 10.0 Å². The minimum Gasteiger partial charge on any atom is -0.251 e. The number of benzene rings is 1. The van der Waals surface area contributed by atoms with E-state index in [1.54, 1.807) is 0 Å². The van der Waals surface area contributed by atoms with Crippen LogP contribution in [0.1, 0.15) is 11.3 Å². The molecule has 0 aliphatic rings. The Morgan fingerprint density at radius 3 is 1.91 bits per heavy atom. The van der Waals surface area contributed by atoms with Crippen LogP contribution in [0.4, 0.5) is 26.3 Å². The van der Waals surface area contributed by atoms with Crippen LogP contribution in [0, 0.1) is 0 Å². The van der Waals surface area contributed by atoms with Crippen LogP contribution in [0.2, 0.25) is 15.1 Å². The van der Waals surface area contributed by atoms with Crippen molar-refractivity contribution < 1.29 is 26.3 Å². The summed E-state index contributed by atoms with van der Waals surface area (Å²) in [6.45, 7) is 0. The van der Waals surface area contributed by atoms with E-state index in [9.17, 15) is 26.3 Å². The second kappa shape index (κ2) is 6.03. The van der Waals surface area contributed by atoms with Crippen molar-refractivity contribution in [2.45, 2.75) is 12.4 Å². The zero-order valence-corrected chi connectivity index (χ0v) is 12.9. The second-order valence-corrected chi connectivity index (χ2v) is 5.46. The molecule has 23 heavy (non-hydrogen) atoms. The Kier molecular flexibility index (Phi) is 4.76. The number of nitrogens with zero attached hydrogens (tertiary/aromatic N) is 1. The molecule has 0 atom stereocenters. The molecule has 1 nitrogen and oxygen atoms in total. The summed E-state index contributed by atoms with van der Waals surface area (Å²) in [6, 6.07) is 2.42. The highest BCUT2D eigenvalue weighted by Crippen LogP contribution is 2.47. The van der Waals surface area contributed by atoms with Crippen LogP contribution in [0.15, 0.2) is 24.4 Å². The Hall–Kier alpha value is -1.18. The van der Waals surface area contributed by atoms with E-state index in [1.807, 2.05) is 0 Å². The Labute approximate surface area is 140 Å². The molecule has 0 fully saturated rings. The first-order chi connectivity index (χ1) is 10.4. The van der Waals surface area contributed by atoms with Gasteiger partial charge in [-0.15, -0.1) is 0 Å². The standard InChI is InChI=1S/C13H4Cl3F6N/c14-7-2-1-5(9(15)10(7)16)8-6(12(17,18)19)3-4-23-11(8)13(20,21)22/h1-4H. The topological polar surface area (TPSA) is 12.9 Å².